The summed E-state index contributed by atoms with van der Waals surface area (Å²) in [4.78, 5) is 18.6. The fourth-order valence-electron chi connectivity index (χ4n) is 3.91. The predicted molar refractivity (Wildman–Crippen MR) is 88.1 cm³/mol. The van der Waals surface area contributed by atoms with Crippen molar-refractivity contribution in [3.63, 3.8) is 0 Å². The molecule has 0 aromatic carbocycles. The quantitative estimate of drug-likeness (QED) is 0.923. The molecule has 5 heteroatoms. The summed E-state index contributed by atoms with van der Waals surface area (Å²) in [6, 6.07) is 0.118. The lowest BCUT2D eigenvalue weighted by Gasteiger charge is -2.32. The van der Waals surface area contributed by atoms with Crippen molar-refractivity contribution in [2.75, 3.05) is 0 Å². The first kappa shape index (κ1) is 15.9. The van der Waals surface area contributed by atoms with Crippen molar-refractivity contribution in [1.82, 2.24) is 9.88 Å². The first-order valence-electron chi connectivity index (χ1n) is 8.29. The van der Waals surface area contributed by atoms with Gasteiger partial charge in [-0.2, -0.15) is 0 Å². The molecule has 3 atom stereocenters. The Morgan fingerprint density at radius 1 is 1.41 bits per heavy atom. The Hall–Kier alpha value is -0.940. The average molecular weight is 322 g/mol. The Morgan fingerprint density at radius 3 is 2.77 bits per heavy atom. The van der Waals surface area contributed by atoms with Crippen LogP contribution in [0, 0.1) is 5.92 Å². The average Bonchev–Trinajstić information content (AvgIpc) is 3.04. The molecule has 0 spiro atoms. The van der Waals surface area contributed by atoms with Gasteiger partial charge in [0.2, 0.25) is 0 Å². The number of aromatic nitrogens is 1. The SMILES string of the molecule is CC(C)(C)c1csc(CN2[C@H](C(=O)O)C[C@@H]3CCCC[C@@H]32)n1. The molecule has 4 nitrogen and oxygen atoms in total. The van der Waals surface area contributed by atoms with Gasteiger partial charge in [-0.25, -0.2) is 4.98 Å². The highest BCUT2D eigenvalue weighted by Crippen LogP contribution is 2.41. The van der Waals surface area contributed by atoms with Crippen molar-refractivity contribution in [3.8, 4) is 0 Å². The minimum Gasteiger partial charge on any atom is -0.480 e. The Labute approximate surface area is 136 Å². The molecule has 1 saturated carbocycles. The van der Waals surface area contributed by atoms with E-state index in [0.717, 1.165) is 23.5 Å². The first-order valence-corrected chi connectivity index (χ1v) is 9.17. The zero-order valence-electron chi connectivity index (χ0n) is 13.7. The van der Waals surface area contributed by atoms with Gasteiger partial charge in [0.15, 0.2) is 0 Å². The van der Waals surface area contributed by atoms with Crippen molar-refractivity contribution >= 4 is 17.3 Å². The van der Waals surface area contributed by atoms with Gasteiger partial charge in [-0.1, -0.05) is 33.6 Å². The van der Waals surface area contributed by atoms with E-state index in [1.807, 2.05) is 0 Å². The Morgan fingerprint density at radius 2 is 2.14 bits per heavy atom. The fourth-order valence-corrected chi connectivity index (χ4v) is 4.94. The molecule has 0 bridgehead atoms. The molecule has 2 fully saturated rings. The highest BCUT2D eigenvalue weighted by atomic mass is 32.1. The third-order valence-corrected chi connectivity index (χ3v) is 5.98. The lowest BCUT2D eigenvalue weighted by Crippen LogP contribution is -2.41. The van der Waals surface area contributed by atoms with Crippen LogP contribution in [0.25, 0.3) is 0 Å². The van der Waals surface area contributed by atoms with Crippen LogP contribution in [-0.4, -0.2) is 33.0 Å². The topological polar surface area (TPSA) is 53.4 Å². The van der Waals surface area contributed by atoms with Gasteiger partial charge in [0.05, 0.1) is 12.2 Å². The highest BCUT2D eigenvalue weighted by Gasteiger charge is 2.45. The van der Waals surface area contributed by atoms with E-state index < -0.39 is 5.97 Å². The van der Waals surface area contributed by atoms with Gasteiger partial charge in [0.1, 0.15) is 11.0 Å². The monoisotopic (exact) mass is 322 g/mol. The molecule has 1 aliphatic carbocycles. The van der Waals surface area contributed by atoms with E-state index in [2.05, 4.69) is 31.1 Å². The van der Waals surface area contributed by atoms with Crippen LogP contribution < -0.4 is 0 Å². The number of nitrogens with zero attached hydrogens (tertiary/aromatic N) is 2. The zero-order chi connectivity index (χ0) is 15.9. The van der Waals surface area contributed by atoms with Crippen LogP contribution in [0.3, 0.4) is 0 Å². The van der Waals surface area contributed by atoms with Gasteiger partial charge in [0, 0.05) is 16.8 Å². The molecule has 2 heterocycles. The third-order valence-electron chi connectivity index (χ3n) is 5.14. The van der Waals surface area contributed by atoms with Gasteiger partial charge >= 0.3 is 5.97 Å². The summed E-state index contributed by atoms with van der Waals surface area (Å²) in [5, 5.41) is 12.8. The van der Waals surface area contributed by atoms with Crippen LogP contribution in [0.5, 0.6) is 0 Å². The largest absolute Gasteiger partial charge is 0.480 e. The second-order valence-corrected chi connectivity index (χ2v) is 8.69. The number of hydrogen-bond donors (Lipinski definition) is 1. The lowest BCUT2D eigenvalue weighted by atomic mass is 9.85. The number of fused-ring (bicyclic) bond motifs is 1. The van der Waals surface area contributed by atoms with E-state index in [-0.39, 0.29) is 11.5 Å². The molecule has 1 saturated heterocycles. The molecule has 1 aliphatic heterocycles. The van der Waals surface area contributed by atoms with Gasteiger partial charge in [0.25, 0.3) is 0 Å². The third kappa shape index (κ3) is 3.06. The lowest BCUT2D eigenvalue weighted by molar-refractivity contribution is -0.142. The normalized spacial score (nSPS) is 29.5. The molecular formula is C17H26N2O2S. The molecule has 1 N–H and O–H groups in total. The maximum absolute atomic E-state index is 11.7. The van der Waals surface area contributed by atoms with Crippen LogP contribution in [-0.2, 0) is 16.8 Å². The van der Waals surface area contributed by atoms with Crippen molar-refractivity contribution in [3.05, 3.63) is 16.1 Å². The second-order valence-electron chi connectivity index (χ2n) is 7.75. The molecule has 0 unspecified atom stereocenters. The van der Waals surface area contributed by atoms with Crippen molar-refractivity contribution in [1.29, 1.82) is 0 Å². The van der Waals surface area contributed by atoms with Gasteiger partial charge in [-0.15, -0.1) is 11.3 Å². The molecule has 0 amide bonds. The Balaban J connectivity index is 1.79. The van der Waals surface area contributed by atoms with E-state index in [1.54, 1.807) is 11.3 Å². The standard InChI is InChI=1S/C17H26N2O2S/c1-17(2,3)14-10-22-15(18-14)9-19-12-7-5-4-6-11(12)8-13(19)16(20)21/h10-13H,4-9H2,1-3H3,(H,20,21)/t11-,12-,13-/m0/s1. The molecule has 1 aromatic heterocycles. The molecule has 22 heavy (non-hydrogen) atoms. The van der Waals surface area contributed by atoms with Gasteiger partial charge < -0.3 is 5.11 Å². The molecule has 1 aromatic rings. The maximum Gasteiger partial charge on any atom is 0.320 e. The van der Waals surface area contributed by atoms with E-state index in [9.17, 15) is 9.90 Å². The summed E-state index contributed by atoms with van der Waals surface area (Å²) < 4.78 is 0. The number of carbonyl (C=O) groups is 1. The van der Waals surface area contributed by atoms with Crippen LogP contribution in [0.1, 0.15) is 63.6 Å². The fraction of sp³-hybridized carbons (Fsp3) is 0.765. The number of rotatable bonds is 3. The van der Waals surface area contributed by atoms with E-state index in [1.165, 1.54) is 19.3 Å². The van der Waals surface area contributed by atoms with Crippen LogP contribution in [0.4, 0.5) is 0 Å². The number of likely N-dealkylation sites (tertiary alicyclic amines) is 1. The molecule has 3 rings (SSSR count). The summed E-state index contributed by atoms with van der Waals surface area (Å²) >= 11 is 1.67. The minimum atomic E-state index is -0.665. The summed E-state index contributed by atoms with van der Waals surface area (Å²) in [6.45, 7) is 7.19. The van der Waals surface area contributed by atoms with E-state index in [4.69, 9.17) is 4.98 Å². The number of carboxylic acids is 1. The van der Waals surface area contributed by atoms with Gasteiger partial charge in [-0.05, 0) is 25.2 Å². The smallest absolute Gasteiger partial charge is 0.320 e. The number of aliphatic carboxylic acids is 1. The second kappa shape index (κ2) is 5.93. The zero-order valence-corrected chi connectivity index (χ0v) is 14.5. The maximum atomic E-state index is 11.7. The number of thiazole rings is 1. The molecule has 122 valence electrons. The summed E-state index contributed by atoms with van der Waals surface area (Å²) in [6.07, 6.45) is 5.64. The van der Waals surface area contributed by atoms with Crippen molar-refractivity contribution in [2.45, 2.75) is 76.9 Å². The van der Waals surface area contributed by atoms with Crippen LogP contribution in [0.2, 0.25) is 0 Å². The van der Waals surface area contributed by atoms with Gasteiger partial charge in [-0.3, -0.25) is 9.69 Å². The Kier molecular flexibility index (Phi) is 4.29. The van der Waals surface area contributed by atoms with Crippen molar-refractivity contribution < 1.29 is 9.90 Å². The number of hydrogen-bond acceptors (Lipinski definition) is 4. The van der Waals surface area contributed by atoms with E-state index in [0.29, 0.717) is 18.5 Å². The molecule has 0 radical (unpaired) electrons. The van der Waals surface area contributed by atoms with E-state index >= 15 is 0 Å². The number of carboxylic acid groups (broad SMARTS) is 1. The molecular weight excluding hydrogens is 296 g/mol. The van der Waals surface area contributed by atoms with Crippen LogP contribution >= 0.6 is 11.3 Å². The van der Waals surface area contributed by atoms with Crippen LogP contribution in [0.15, 0.2) is 5.38 Å². The summed E-state index contributed by atoms with van der Waals surface area (Å²) in [5.74, 6) is -0.0982. The Bertz CT molecular complexity index is 549. The summed E-state index contributed by atoms with van der Waals surface area (Å²) in [5.41, 5.74) is 1.16. The highest BCUT2D eigenvalue weighted by molar-refractivity contribution is 7.09. The predicted octanol–water partition coefficient (Wildman–Crippen LogP) is 3.66. The first-order chi connectivity index (χ1) is 10.4. The molecule has 2 aliphatic rings. The van der Waals surface area contributed by atoms with Crippen molar-refractivity contribution in [2.24, 2.45) is 5.92 Å². The minimum absolute atomic E-state index is 0.0549. The summed E-state index contributed by atoms with van der Waals surface area (Å²) in [7, 11) is 0.